The molecule has 0 saturated carbocycles. The largest absolute Gasteiger partial charge is 0.0909 e. The minimum Gasteiger partial charge on any atom is -0.0909 e. The Kier molecular flexibility index (Phi) is 6.25. The summed E-state index contributed by atoms with van der Waals surface area (Å²) in [6.45, 7) is 7.83. The van der Waals surface area contributed by atoms with E-state index in [0.29, 0.717) is 0 Å². The summed E-state index contributed by atoms with van der Waals surface area (Å²) in [7, 11) is 0. The quantitative estimate of drug-likeness (QED) is 0.402. The smallest absolute Gasteiger partial charge is 0.0233 e. The van der Waals surface area contributed by atoms with Crippen LogP contribution in [0, 0.1) is 6.08 Å². The maximum Gasteiger partial charge on any atom is -0.0233 e. The number of hydrogen-bond donors (Lipinski definition) is 0. The van der Waals surface area contributed by atoms with Crippen molar-refractivity contribution in [3.8, 4) is 0 Å². The Morgan fingerprint density at radius 2 is 2.20 bits per heavy atom. The minimum atomic E-state index is 1.18. The molecule has 0 fully saturated rings. The van der Waals surface area contributed by atoms with E-state index in [2.05, 4.69) is 25.7 Å². The highest BCUT2D eigenvalue weighted by Gasteiger charge is 1.83. The average Bonchev–Trinajstić information content (AvgIpc) is 1.98. The van der Waals surface area contributed by atoms with Crippen molar-refractivity contribution < 1.29 is 0 Å². The van der Waals surface area contributed by atoms with Crippen molar-refractivity contribution in [2.24, 2.45) is 0 Å². The van der Waals surface area contributed by atoms with Gasteiger partial charge in [-0.25, -0.2) is 0 Å². The van der Waals surface area contributed by atoms with Crippen LogP contribution in [0.3, 0.4) is 0 Å². The first-order valence-corrected chi connectivity index (χ1v) is 4.01. The Morgan fingerprint density at radius 3 is 2.70 bits per heavy atom. The standard InChI is InChI=1S/C10H17/c1-4-6-7-8-9-10(3)5-2/h9H,2,4,6-8H2,1,3H3. The van der Waals surface area contributed by atoms with Crippen LogP contribution in [-0.4, -0.2) is 0 Å². The molecule has 1 radical (unpaired) electrons. The van der Waals surface area contributed by atoms with Crippen molar-refractivity contribution in [3.05, 3.63) is 24.3 Å². The molecule has 0 bridgehead atoms. The molecule has 0 amide bonds. The first-order chi connectivity index (χ1) is 4.81. The second kappa shape index (κ2) is 6.60. The number of hydrogen-bond acceptors (Lipinski definition) is 0. The molecule has 0 heterocycles. The zero-order chi connectivity index (χ0) is 7.82. The van der Waals surface area contributed by atoms with Crippen molar-refractivity contribution >= 4 is 0 Å². The number of unbranched alkanes of at least 4 members (excludes halogenated alkanes) is 3. The Morgan fingerprint density at radius 1 is 1.50 bits per heavy atom. The maximum atomic E-state index is 3.57. The molecule has 0 heteroatoms. The van der Waals surface area contributed by atoms with Gasteiger partial charge in [-0.2, -0.15) is 0 Å². The highest BCUT2D eigenvalue weighted by atomic mass is 13.9. The molecular weight excluding hydrogens is 120 g/mol. The van der Waals surface area contributed by atoms with Crippen molar-refractivity contribution in [2.75, 3.05) is 0 Å². The van der Waals surface area contributed by atoms with E-state index in [1.807, 2.05) is 6.92 Å². The zero-order valence-corrected chi connectivity index (χ0v) is 7.11. The normalized spacial score (nSPS) is 11.6. The fraction of sp³-hybridized carbons (Fsp3) is 0.600. The van der Waals surface area contributed by atoms with Gasteiger partial charge in [0.05, 0.1) is 0 Å². The Balaban J connectivity index is 3.24. The van der Waals surface area contributed by atoms with Crippen molar-refractivity contribution in [3.63, 3.8) is 0 Å². The first kappa shape index (κ1) is 9.48. The second-order valence-corrected chi connectivity index (χ2v) is 2.56. The van der Waals surface area contributed by atoms with E-state index in [4.69, 9.17) is 0 Å². The highest BCUT2D eigenvalue weighted by Crippen LogP contribution is 2.02. The topological polar surface area (TPSA) is 0 Å². The minimum absolute atomic E-state index is 1.18. The summed E-state index contributed by atoms with van der Waals surface area (Å²) in [5.74, 6) is 0. The first-order valence-electron chi connectivity index (χ1n) is 4.01. The van der Waals surface area contributed by atoms with Crippen LogP contribution < -0.4 is 0 Å². The number of rotatable bonds is 5. The van der Waals surface area contributed by atoms with Crippen LogP contribution in [0.1, 0.15) is 39.5 Å². The highest BCUT2D eigenvalue weighted by molar-refractivity contribution is 5.06. The van der Waals surface area contributed by atoms with Crippen molar-refractivity contribution in [2.45, 2.75) is 39.5 Å². The molecule has 0 spiro atoms. The van der Waals surface area contributed by atoms with Gasteiger partial charge in [0, 0.05) is 0 Å². The van der Waals surface area contributed by atoms with Gasteiger partial charge in [0.1, 0.15) is 0 Å². The monoisotopic (exact) mass is 137 g/mol. The molecule has 0 unspecified atom stereocenters. The SMILES string of the molecule is C=[C]C(C)=CCCCCC. The van der Waals surface area contributed by atoms with Crippen LogP contribution in [-0.2, 0) is 0 Å². The number of allylic oxidation sites excluding steroid dienone is 3. The van der Waals surface area contributed by atoms with Crippen molar-refractivity contribution in [1.29, 1.82) is 0 Å². The third-order valence-corrected chi connectivity index (χ3v) is 1.54. The van der Waals surface area contributed by atoms with Gasteiger partial charge in [0.15, 0.2) is 0 Å². The van der Waals surface area contributed by atoms with Gasteiger partial charge in [0.2, 0.25) is 0 Å². The second-order valence-electron chi connectivity index (χ2n) is 2.56. The van der Waals surface area contributed by atoms with Gasteiger partial charge < -0.3 is 0 Å². The summed E-state index contributed by atoms with van der Waals surface area (Å²) in [6.07, 6.45) is 10.2. The average molecular weight is 137 g/mol. The van der Waals surface area contributed by atoms with E-state index >= 15 is 0 Å². The molecule has 10 heavy (non-hydrogen) atoms. The van der Waals surface area contributed by atoms with Crippen LogP contribution in [0.15, 0.2) is 18.2 Å². The lowest BCUT2D eigenvalue weighted by Gasteiger charge is -1.92. The van der Waals surface area contributed by atoms with Crippen LogP contribution in [0.2, 0.25) is 0 Å². The van der Waals surface area contributed by atoms with Gasteiger partial charge in [-0.15, -0.1) is 0 Å². The van der Waals surface area contributed by atoms with Gasteiger partial charge in [-0.05, 0) is 31.4 Å². The molecule has 0 rings (SSSR count). The summed E-state index contributed by atoms with van der Waals surface area (Å²) in [5, 5.41) is 0. The molecule has 0 aromatic carbocycles. The molecule has 0 saturated heterocycles. The summed E-state index contributed by atoms with van der Waals surface area (Å²) >= 11 is 0. The summed E-state index contributed by atoms with van der Waals surface area (Å²) in [4.78, 5) is 0. The molecule has 0 N–H and O–H groups in total. The zero-order valence-electron chi connectivity index (χ0n) is 7.11. The van der Waals surface area contributed by atoms with Gasteiger partial charge >= 0.3 is 0 Å². The maximum absolute atomic E-state index is 3.57. The van der Waals surface area contributed by atoms with Crippen LogP contribution >= 0.6 is 0 Å². The van der Waals surface area contributed by atoms with E-state index in [9.17, 15) is 0 Å². The lowest BCUT2D eigenvalue weighted by Crippen LogP contribution is -1.73. The molecule has 0 aliphatic rings. The Bertz CT molecular complexity index is 109. The third kappa shape index (κ3) is 5.61. The molecule has 0 aromatic rings. The Hall–Kier alpha value is -0.520. The van der Waals surface area contributed by atoms with Crippen LogP contribution in [0.4, 0.5) is 0 Å². The fourth-order valence-corrected chi connectivity index (χ4v) is 0.785. The van der Waals surface area contributed by atoms with Crippen molar-refractivity contribution in [1.82, 2.24) is 0 Å². The van der Waals surface area contributed by atoms with Gasteiger partial charge in [-0.3, -0.25) is 0 Å². The predicted molar refractivity (Wildman–Crippen MR) is 46.8 cm³/mol. The fourth-order valence-electron chi connectivity index (χ4n) is 0.785. The lowest BCUT2D eigenvalue weighted by atomic mass is 10.1. The summed E-state index contributed by atoms with van der Waals surface area (Å²) < 4.78 is 0. The van der Waals surface area contributed by atoms with Gasteiger partial charge in [0.25, 0.3) is 0 Å². The van der Waals surface area contributed by atoms with E-state index in [1.54, 1.807) is 0 Å². The summed E-state index contributed by atoms with van der Waals surface area (Å²) in [6, 6.07) is 0. The Labute approximate surface area is 64.6 Å². The molecule has 0 aliphatic heterocycles. The molecule has 0 aliphatic carbocycles. The molecule has 0 nitrogen and oxygen atoms in total. The van der Waals surface area contributed by atoms with E-state index < -0.39 is 0 Å². The van der Waals surface area contributed by atoms with Crippen LogP contribution in [0.25, 0.3) is 0 Å². The van der Waals surface area contributed by atoms with Crippen LogP contribution in [0.5, 0.6) is 0 Å². The lowest BCUT2D eigenvalue weighted by molar-refractivity contribution is 0.728. The third-order valence-electron chi connectivity index (χ3n) is 1.54. The van der Waals surface area contributed by atoms with E-state index in [1.165, 1.54) is 31.3 Å². The molecule has 57 valence electrons. The summed E-state index contributed by atoms with van der Waals surface area (Å²) in [5.41, 5.74) is 1.18. The molecule has 0 aromatic heterocycles. The molecule has 0 atom stereocenters. The van der Waals surface area contributed by atoms with E-state index in [-0.39, 0.29) is 0 Å². The molecular formula is C10H17. The van der Waals surface area contributed by atoms with E-state index in [0.717, 1.165) is 0 Å². The predicted octanol–water partition coefficient (Wildman–Crippen LogP) is 3.50. The van der Waals surface area contributed by atoms with Gasteiger partial charge in [-0.1, -0.05) is 32.4 Å².